The number of amides is 1. The Morgan fingerprint density at radius 3 is 2.62 bits per heavy atom. The van der Waals surface area contributed by atoms with Crippen LogP contribution in [0.3, 0.4) is 0 Å². The summed E-state index contributed by atoms with van der Waals surface area (Å²) in [5, 5.41) is 9.28. The number of nitrogens with one attached hydrogen (secondary N) is 2. The molecule has 0 bridgehead atoms. The van der Waals surface area contributed by atoms with Crippen LogP contribution in [0, 0.1) is 11.2 Å². The molecule has 0 spiro atoms. The average Bonchev–Trinajstić information content (AvgIpc) is 3.10. The van der Waals surface area contributed by atoms with Crippen molar-refractivity contribution in [1.29, 1.82) is 0 Å². The minimum Gasteiger partial charge on any atom is -0.384 e. The molecule has 2 N–H and O–H groups in total. The molecule has 1 aliphatic heterocycles. The van der Waals surface area contributed by atoms with E-state index in [1.54, 1.807) is 19.2 Å². The summed E-state index contributed by atoms with van der Waals surface area (Å²) in [6.45, 7) is 3.21. The largest absolute Gasteiger partial charge is 0.384 e. The summed E-state index contributed by atoms with van der Waals surface area (Å²) < 4.78 is 18.4. The molecular formula is C20H28Cl2FN3O2S. The third-order valence-electron chi connectivity index (χ3n) is 4.98. The zero-order chi connectivity index (χ0) is 19.1. The maximum Gasteiger partial charge on any atom is 0.226 e. The molecular weight excluding hydrogens is 436 g/mol. The van der Waals surface area contributed by atoms with Gasteiger partial charge in [0.05, 0.1) is 23.7 Å². The van der Waals surface area contributed by atoms with Gasteiger partial charge in [-0.2, -0.15) is 0 Å². The first-order chi connectivity index (χ1) is 13.1. The van der Waals surface area contributed by atoms with E-state index in [1.807, 2.05) is 5.38 Å². The fourth-order valence-corrected chi connectivity index (χ4v) is 4.26. The van der Waals surface area contributed by atoms with Crippen molar-refractivity contribution < 1.29 is 13.9 Å². The molecule has 0 saturated carbocycles. The number of methoxy groups -OCH3 is 1. The number of ether oxygens (including phenoxy) is 1. The maximum absolute atomic E-state index is 13.0. The van der Waals surface area contributed by atoms with Crippen LogP contribution in [0.1, 0.15) is 29.1 Å². The highest BCUT2D eigenvalue weighted by Crippen LogP contribution is 2.28. The molecule has 9 heteroatoms. The van der Waals surface area contributed by atoms with Crippen molar-refractivity contribution in [3.63, 3.8) is 0 Å². The molecule has 1 aromatic heterocycles. The molecule has 1 fully saturated rings. The van der Waals surface area contributed by atoms with Gasteiger partial charge in [-0.3, -0.25) is 4.79 Å². The van der Waals surface area contributed by atoms with E-state index in [0.717, 1.165) is 42.2 Å². The van der Waals surface area contributed by atoms with Gasteiger partial charge in [-0.1, -0.05) is 12.1 Å². The zero-order valence-corrected chi connectivity index (χ0v) is 18.9. The standard InChI is InChI=1S/C20H26FN3O2S.2ClH/c1-26-14-20(6-8-22-9-7-20)13-23-18(25)11-17-12-27-19(24-17)10-15-2-4-16(21)5-3-15;;/h2-5,12,22H,6-11,13-14H2,1H3,(H,23,25);2*1H. The quantitative estimate of drug-likeness (QED) is 0.629. The number of carbonyl (C=O) groups excluding carboxylic acids is 1. The van der Waals surface area contributed by atoms with E-state index in [0.29, 0.717) is 19.6 Å². The van der Waals surface area contributed by atoms with E-state index in [4.69, 9.17) is 4.74 Å². The predicted octanol–water partition coefficient (Wildman–Crippen LogP) is 3.39. The number of nitrogens with zero attached hydrogens (tertiary/aromatic N) is 1. The van der Waals surface area contributed by atoms with Gasteiger partial charge < -0.3 is 15.4 Å². The number of piperidine rings is 1. The first-order valence-corrected chi connectivity index (χ1v) is 10.1. The summed E-state index contributed by atoms with van der Waals surface area (Å²) >= 11 is 1.53. The fourth-order valence-electron chi connectivity index (χ4n) is 3.44. The molecule has 0 radical (unpaired) electrons. The normalized spacial score (nSPS) is 15.1. The molecule has 2 aromatic rings. The predicted molar refractivity (Wildman–Crippen MR) is 119 cm³/mol. The van der Waals surface area contributed by atoms with Crippen molar-refractivity contribution in [3.8, 4) is 0 Å². The van der Waals surface area contributed by atoms with Crippen molar-refractivity contribution in [3.05, 3.63) is 51.7 Å². The molecule has 1 aromatic carbocycles. The van der Waals surface area contributed by atoms with Gasteiger partial charge in [-0.05, 0) is 43.6 Å². The molecule has 0 aliphatic carbocycles. The number of hydrogen-bond donors (Lipinski definition) is 2. The third kappa shape index (κ3) is 7.83. The number of hydrogen-bond acceptors (Lipinski definition) is 5. The van der Waals surface area contributed by atoms with E-state index in [2.05, 4.69) is 15.6 Å². The first-order valence-electron chi connectivity index (χ1n) is 9.23. The van der Waals surface area contributed by atoms with Crippen molar-refractivity contribution in [2.75, 3.05) is 33.4 Å². The Kier molecular flexibility index (Phi) is 11.1. The monoisotopic (exact) mass is 463 g/mol. The molecule has 162 valence electrons. The fraction of sp³-hybridized carbons (Fsp3) is 0.500. The van der Waals surface area contributed by atoms with E-state index in [9.17, 15) is 9.18 Å². The van der Waals surface area contributed by atoms with Crippen molar-refractivity contribution in [1.82, 2.24) is 15.6 Å². The highest BCUT2D eigenvalue weighted by Gasteiger charge is 2.32. The summed E-state index contributed by atoms with van der Waals surface area (Å²) in [7, 11) is 1.71. The van der Waals surface area contributed by atoms with E-state index in [1.165, 1.54) is 23.5 Å². The SMILES string of the molecule is COCC1(CNC(=O)Cc2csc(Cc3ccc(F)cc3)n2)CCNCC1.Cl.Cl. The highest BCUT2D eigenvalue weighted by molar-refractivity contribution is 7.09. The van der Waals surface area contributed by atoms with Crippen LogP contribution in [0.2, 0.25) is 0 Å². The summed E-state index contributed by atoms with van der Waals surface area (Å²) in [6.07, 6.45) is 2.93. The lowest BCUT2D eigenvalue weighted by Crippen LogP contribution is -2.47. The second-order valence-corrected chi connectivity index (χ2v) is 8.11. The number of halogens is 3. The summed E-state index contributed by atoms with van der Waals surface area (Å²) in [6, 6.07) is 6.43. The van der Waals surface area contributed by atoms with Crippen LogP contribution >= 0.6 is 36.2 Å². The second kappa shape index (κ2) is 12.4. The Hall–Kier alpha value is -1.25. The van der Waals surface area contributed by atoms with Crippen LogP contribution < -0.4 is 10.6 Å². The van der Waals surface area contributed by atoms with E-state index in [-0.39, 0.29) is 48.4 Å². The van der Waals surface area contributed by atoms with Crippen LogP contribution in [-0.2, 0) is 22.4 Å². The van der Waals surface area contributed by atoms with Gasteiger partial charge in [-0.25, -0.2) is 9.37 Å². The molecule has 29 heavy (non-hydrogen) atoms. The van der Waals surface area contributed by atoms with Gasteiger partial charge in [0, 0.05) is 30.9 Å². The molecule has 2 heterocycles. The molecule has 1 amide bonds. The van der Waals surface area contributed by atoms with Crippen molar-refractivity contribution in [2.45, 2.75) is 25.7 Å². The minimum atomic E-state index is -0.241. The smallest absolute Gasteiger partial charge is 0.226 e. The van der Waals surface area contributed by atoms with Gasteiger partial charge in [0.15, 0.2) is 0 Å². The Balaban J connectivity index is 0.00000210. The maximum atomic E-state index is 13.0. The Bertz CT molecular complexity index is 747. The van der Waals surface area contributed by atoms with Crippen LogP contribution in [0.25, 0.3) is 0 Å². The number of aromatic nitrogens is 1. The summed E-state index contributed by atoms with van der Waals surface area (Å²) in [5.74, 6) is -0.252. The lowest BCUT2D eigenvalue weighted by atomic mass is 9.79. The highest BCUT2D eigenvalue weighted by atomic mass is 35.5. The molecule has 1 saturated heterocycles. The van der Waals surface area contributed by atoms with Gasteiger partial charge in [-0.15, -0.1) is 36.2 Å². The van der Waals surface area contributed by atoms with Gasteiger partial charge in [0.25, 0.3) is 0 Å². The van der Waals surface area contributed by atoms with Crippen LogP contribution in [-0.4, -0.2) is 44.2 Å². The summed E-state index contributed by atoms with van der Waals surface area (Å²) in [5.41, 5.74) is 1.81. The topological polar surface area (TPSA) is 63.2 Å². The zero-order valence-electron chi connectivity index (χ0n) is 16.4. The molecule has 3 rings (SSSR count). The number of rotatable bonds is 8. The van der Waals surface area contributed by atoms with E-state index >= 15 is 0 Å². The first kappa shape index (κ1) is 25.8. The van der Waals surface area contributed by atoms with Crippen LogP contribution in [0.5, 0.6) is 0 Å². The summed E-state index contributed by atoms with van der Waals surface area (Å²) in [4.78, 5) is 16.9. The van der Waals surface area contributed by atoms with Gasteiger partial charge in [0.1, 0.15) is 5.82 Å². The average molecular weight is 464 g/mol. The lowest BCUT2D eigenvalue weighted by molar-refractivity contribution is -0.121. The Labute approximate surface area is 187 Å². The van der Waals surface area contributed by atoms with Crippen LogP contribution in [0.4, 0.5) is 4.39 Å². The number of carbonyl (C=O) groups is 1. The second-order valence-electron chi connectivity index (χ2n) is 7.17. The van der Waals surface area contributed by atoms with Crippen molar-refractivity contribution in [2.24, 2.45) is 5.41 Å². The lowest BCUT2D eigenvalue weighted by Gasteiger charge is -2.37. The van der Waals surface area contributed by atoms with Crippen LogP contribution in [0.15, 0.2) is 29.6 Å². The molecule has 0 atom stereocenters. The van der Waals surface area contributed by atoms with E-state index < -0.39 is 0 Å². The van der Waals surface area contributed by atoms with Gasteiger partial charge >= 0.3 is 0 Å². The molecule has 0 unspecified atom stereocenters. The van der Waals surface area contributed by atoms with Gasteiger partial charge in [0.2, 0.25) is 5.91 Å². The Morgan fingerprint density at radius 2 is 1.97 bits per heavy atom. The molecule has 1 aliphatic rings. The third-order valence-corrected chi connectivity index (χ3v) is 5.88. The molecule has 5 nitrogen and oxygen atoms in total. The number of thiazole rings is 1. The Morgan fingerprint density at radius 1 is 1.28 bits per heavy atom. The van der Waals surface area contributed by atoms with Crippen molar-refractivity contribution >= 4 is 42.1 Å². The minimum absolute atomic E-state index is 0. The number of benzene rings is 1.